The van der Waals surface area contributed by atoms with Gasteiger partial charge in [-0.1, -0.05) is 0 Å². The molecule has 0 aliphatic carbocycles. The van der Waals surface area contributed by atoms with Gasteiger partial charge < -0.3 is 10.0 Å². The van der Waals surface area contributed by atoms with Crippen molar-refractivity contribution in [2.75, 3.05) is 13.1 Å². The Morgan fingerprint density at radius 3 is 2.67 bits per heavy atom. The quantitative estimate of drug-likeness (QED) is 0.401. The van der Waals surface area contributed by atoms with Crippen LogP contribution in [0.2, 0.25) is 0 Å². The Balaban J connectivity index is 2.39. The molecule has 1 atom stereocenters. The van der Waals surface area contributed by atoms with Gasteiger partial charge in [0.25, 0.3) is 0 Å². The lowest BCUT2D eigenvalue weighted by atomic mass is 10.3. The molecule has 1 aliphatic rings. The Morgan fingerprint density at radius 2 is 2.44 bits per heavy atom. The number of carbonyl (C=O) groups excluding carboxylic acids is 1. The molecule has 1 heterocycles. The lowest BCUT2D eigenvalue weighted by molar-refractivity contribution is 0.179. The fraction of sp³-hybridized carbons (Fsp3) is 0.800. The molecule has 52 valence electrons. The number of β-amino-alcohol motifs (C(OH)–C–C–N with tert-alkyl or cyclic N) is 1. The lowest BCUT2D eigenvalue weighted by Crippen LogP contribution is -2.24. The molecule has 4 heteroatoms. The molecule has 1 fully saturated rings. The Labute approximate surface area is 58.2 Å². The summed E-state index contributed by atoms with van der Waals surface area (Å²) in [5.41, 5.74) is 0. The minimum absolute atomic E-state index is 0.368. The fourth-order valence-corrected chi connectivity index (χ4v) is 1.06. The number of aliphatic hydroxyl groups is 1. The summed E-state index contributed by atoms with van der Waals surface area (Å²) in [6.07, 6.45) is 0.283. The highest BCUT2D eigenvalue weighted by Crippen LogP contribution is 2.10. The van der Waals surface area contributed by atoms with Crippen LogP contribution in [-0.2, 0) is 0 Å². The number of rotatable bonds is 0. The third-order valence-electron chi connectivity index (χ3n) is 1.41. The van der Waals surface area contributed by atoms with Crippen LogP contribution >= 0.6 is 11.6 Å². The second-order valence-corrected chi connectivity index (χ2v) is 2.46. The Kier molecular flexibility index (Phi) is 1.93. The van der Waals surface area contributed by atoms with Crippen molar-refractivity contribution in [2.24, 2.45) is 0 Å². The summed E-state index contributed by atoms with van der Waals surface area (Å²) in [5.74, 6) is 0. The highest BCUT2D eigenvalue weighted by atomic mass is 35.5. The number of carbonyl (C=O) groups is 1. The van der Waals surface area contributed by atoms with Crippen molar-refractivity contribution in [2.45, 2.75) is 12.5 Å². The minimum Gasteiger partial charge on any atom is -0.391 e. The summed E-state index contributed by atoms with van der Waals surface area (Å²) in [6, 6.07) is 0. The van der Waals surface area contributed by atoms with Crippen molar-refractivity contribution < 1.29 is 9.90 Å². The Hall–Kier alpha value is -0.280. The summed E-state index contributed by atoms with van der Waals surface area (Å²) >= 11 is 5.13. The van der Waals surface area contributed by atoms with Crippen molar-refractivity contribution in [3.05, 3.63) is 0 Å². The molecule has 0 unspecified atom stereocenters. The Bertz CT molecular complexity index is 128. The zero-order valence-corrected chi connectivity index (χ0v) is 5.64. The molecule has 0 aromatic carbocycles. The molecule has 1 N–H and O–H groups in total. The largest absolute Gasteiger partial charge is 0.391 e. The molecule has 0 spiro atoms. The van der Waals surface area contributed by atoms with E-state index in [2.05, 4.69) is 0 Å². The van der Waals surface area contributed by atoms with E-state index in [9.17, 15) is 4.79 Å². The van der Waals surface area contributed by atoms with Crippen LogP contribution in [0.15, 0.2) is 0 Å². The van der Waals surface area contributed by atoms with Crippen molar-refractivity contribution in [3.8, 4) is 0 Å². The molecule has 9 heavy (non-hydrogen) atoms. The summed E-state index contributed by atoms with van der Waals surface area (Å²) in [5, 5.41) is 8.43. The van der Waals surface area contributed by atoms with Gasteiger partial charge in [-0.15, -0.1) is 0 Å². The zero-order valence-electron chi connectivity index (χ0n) is 4.88. The third-order valence-corrected chi connectivity index (χ3v) is 1.65. The normalized spacial score (nSPS) is 26.9. The number of halogens is 1. The monoisotopic (exact) mass is 149 g/mol. The molecule has 1 saturated heterocycles. The van der Waals surface area contributed by atoms with Crippen LogP contribution in [0, 0.1) is 0 Å². The van der Waals surface area contributed by atoms with Gasteiger partial charge in [0.05, 0.1) is 6.10 Å². The van der Waals surface area contributed by atoms with Crippen LogP contribution in [-0.4, -0.2) is 34.6 Å². The van der Waals surface area contributed by atoms with Crippen molar-refractivity contribution in [1.82, 2.24) is 4.90 Å². The van der Waals surface area contributed by atoms with E-state index in [4.69, 9.17) is 16.7 Å². The first-order valence-corrected chi connectivity index (χ1v) is 3.20. The maximum atomic E-state index is 10.4. The minimum atomic E-state index is -0.466. The molecule has 0 aromatic heterocycles. The van der Waals surface area contributed by atoms with Gasteiger partial charge in [0, 0.05) is 13.1 Å². The number of likely N-dealkylation sites (tertiary alicyclic amines) is 1. The standard InChI is InChI=1S/C5H8ClNO2/c6-5(9)7-2-1-4(8)3-7/h4,8H,1-3H2/t4-/m0/s1. The van der Waals surface area contributed by atoms with Gasteiger partial charge in [0.1, 0.15) is 0 Å². The second kappa shape index (κ2) is 2.54. The van der Waals surface area contributed by atoms with E-state index in [1.807, 2.05) is 0 Å². The van der Waals surface area contributed by atoms with E-state index in [1.54, 1.807) is 0 Å². The molecular formula is C5H8ClNO2. The topological polar surface area (TPSA) is 40.5 Å². The predicted octanol–water partition coefficient (Wildman–Crippen LogP) is 0.412. The van der Waals surface area contributed by atoms with Gasteiger partial charge in [0.2, 0.25) is 0 Å². The summed E-state index contributed by atoms with van der Waals surface area (Å²) < 4.78 is 0. The average molecular weight is 150 g/mol. The van der Waals surface area contributed by atoms with Crippen molar-refractivity contribution in [1.29, 1.82) is 0 Å². The van der Waals surface area contributed by atoms with E-state index >= 15 is 0 Å². The van der Waals surface area contributed by atoms with Gasteiger partial charge in [0.15, 0.2) is 0 Å². The Morgan fingerprint density at radius 1 is 1.78 bits per heavy atom. The van der Waals surface area contributed by atoms with Gasteiger partial charge in [-0.25, -0.2) is 0 Å². The maximum absolute atomic E-state index is 10.4. The van der Waals surface area contributed by atoms with E-state index in [0.717, 1.165) is 0 Å². The van der Waals surface area contributed by atoms with Gasteiger partial charge >= 0.3 is 5.37 Å². The van der Waals surface area contributed by atoms with Crippen molar-refractivity contribution in [3.63, 3.8) is 0 Å². The van der Waals surface area contributed by atoms with E-state index in [0.29, 0.717) is 19.5 Å². The number of hydrogen-bond acceptors (Lipinski definition) is 2. The zero-order chi connectivity index (χ0) is 6.85. The first kappa shape index (κ1) is 6.83. The predicted molar refractivity (Wildman–Crippen MR) is 33.4 cm³/mol. The maximum Gasteiger partial charge on any atom is 0.316 e. The molecule has 1 rings (SSSR count). The molecular weight excluding hydrogens is 142 g/mol. The average Bonchev–Trinajstić information content (AvgIpc) is 2.14. The summed E-state index contributed by atoms with van der Waals surface area (Å²) in [7, 11) is 0. The first-order valence-electron chi connectivity index (χ1n) is 2.82. The van der Waals surface area contributed by atoms with Crippen LogP contribution in [0.1, 0.15) is 6.42 Å². The van der Waals surface area contributed by atoms with Crippen molar-refractivity contribution >= 4 is 17.0 Å². The highest BCUT2D eigenvalue weighted by Gasteiger charge is 2.22. The molecule has 0 bridgehead atoms. The highest BCUT2D eigenvalue weighted by molar-refractivity contribution is 6.62. The number of nitrogens with zero attached hydrogens (tertiary/aromatic N) is 1. The number of aliphatic hydroxyl groups excluding tert-OH is 1. The SMILES string of the molecule is O=C(Cl)N1CC[C@H](O)C1. The number of hydrogen-bond donors (Lipinski definition) is 1. The second-order valence-electron chi connectivity index (χ2n) is 2.14. The molecule has 3 nitrogen and oxygen atoms in total. The molecule has 1 aliphatic heterocycles. The molecule has 0 saturated carbocycles. The molecule has 1 amide bonds. The first-order chi connectivity index (χ1) is 4.20. The van der Waals surface area contributed by atoms with Crippen LogP contribution < -0.4 is 0 Å². The lowest BCUT2D eigenvalue weighted by Gasteiger charge is -2.08. The van der Waals surface area contributed by atoms with Crippen LogP contribution in [0.4, 0.5) is 4.79 Å². The van der Waals surface area contributed by atoms with Gasteiger partial charge in [-0.2, -0.15) is 0 Å². The van der Waals surface area contributed by atoms with Gasteiger partial charge in [-0.3, -0.25) is 4.79 Å². The molecule has 0 aromatic rings. The van der Waals surface area contributed by atoms with E-state index in [-0.39, 0.29) is 6.10 Å². The van der Waals surface area contributed by atoms with Crippen LogP contribution in [0.3, 0.4) is 0 Å². The molecule has 0 radical (unpaired) electrons. The summed E-state index contributed by atoms with van der Waals surface area (Å²) in [4.78, 5) is 11.8. The van der Waals surface area contributed by atoms with E-state index in [1.165, 1.54) is 4.90 Å². The fourth-order valence-electron chi connectivity index (χ4n) is 0.902. The smallest absolute Gasteiger partial charge is 0.316 e. The van der Waals surface area contributed by atoms with Crippen LogP contribution in [0.25, 0.3) is 0 Å². The number of amides is 1. The van der Waals surface area contributed by atoms with Crippen LogP contribution in [0.5, 0.6) is 0 Å². The summed E-state index contributed by atoms with van der Waals surface area (Å²) in [6.45, 7) is 0.978. The van der Waals surface area contributed by atoms with Gasteiger partial charge in [-0.05, 0) is 18.0 Å². The van der Waals surface area contributed by atoms with E-state index < -0.39 is 5.37 Å². The third kappa shape index (κ3) is 1.56.